The lowest BCUT2D eigenvalue weighted by atomic mass is 10.2. The van der Waals surface area contributed by atoms with Crippen LogP contribution in [0.2, 0.25) is 0 Å². The number of nitrogens with zero attached hydrogens (tertiary/aromatic N) is 2. The van der Waals surface area contributed by atoms with Crippen molar-refractivity contribution in [3.8, 4) is 0 Å². The van der Waals surface area contributed by atoms with Crippen molar-refractivity contribution in [1.82, 2.24) is 20.1 Å². The minimum Gasteiger partial charge on any atom is -0.295 e. The predicted octanol–water partition coefficient (Wildman–Crippen LogP) is 1.63. The van der Waals surface area contributed by atoms with Gasteiger partial charge in [-0.3, -0.25) is 9.88 Å². The summed E-state index contributed by atoms with van der Waals surface area (Å²) in [5.41, 5.74) is 0.651. The molecule has 0 saturated heterocycles. The molecule has 18 heavy (non-hydrogen) atoms. The smallest absolute Gasteiger partial charge is 0.295 e. The number of aromatic nitrogens is 3. The topological polar surface area (TPSA) is 64.8 Å². The van der Waals surface area contributed by atoms with Crippen molar-refractivity contribution in [2.24, 2.45) is 0 Å². The van der Waals surface area contributed by atoms with E-state index < -0.39 is 0 Å². The highest BCUT2D eigenvalue weighted by Gasteiger charge is 2.07. The molecule has 0 spiro atoms. The quantitative estimate of drug-likeness (QED) is 0.901. The Kier molecular flexibility index (Phi) is 3.93. The summed E-state index contributed by atoms with van der Waals surface area (Å²) in [5, 5.41) is 6.14. The number of hydrogen-bond acceptors (Lipinski definition) is 3. The predicted molar refractivity (Wildman–Crippen MR) is 68.5 cm³/mol. The Labute approximate surface area is 111 Å². The monoisotopic (exact) mass is 314 g/mol. The van der Waals surface area contributed by atoms with E-state index in [1.54, 1.807) is 6.07 Å². The van der Waals surface area contributed by atoms with Gasteiger partial charge in [-0.2, -0.15) is 5.10 Å². The number of aromatic amines is 2. The summed E-state index contributed by atoms with van der Waals surface area (Å²) in [6.07, 6.45) is 0. The molecule has 0 unspecified atom stereocenters. The van der Waals surface area contributed by atoms with Gasteiger partial charge in [0.05, 0.1) is 6.54 Å². The Morgan fingerprint density at radius 1 is 1.44 bits per heavy atom. The lowest BCUT2D eigenvalue weighted by Crippen LogP contribution is -2.18. The van der Waals surface area contributed by atoms with Gasteiger partial charge in [0.2, 0.25) is 0 Å². The second-order valence-corrected chi connectivity index (χ2v) is 4.89. The second kappa shape index (κ2) is 5.45. The molecule has 1 aromatic heterocycles. The molecule has 1 aromatic carbocycles. The molecule has 0 bridgehead atoms. The fraction of sp³-hybridized carbons (Fsp3) is 0.273. The zero-order valence-corrected chi connectivity index (χ0v) is 11.3. The van der Waals surface area contributed by atoms with Gasteiger partial charge in [0.1, 0.15) is 11.6 Å². The van der Waals surface area contributed by atoms with Crippen LogP contribution < -0.4 is 5.69 Å². The molecule has 0 saturated carbocycles. The molecule has 0 aliphatic heterocycles. The van der Waals surface area contributed by atoms with E-state index in [2.05, 4.69) is 31.1 Å². The zero-order valence-electron chi connectivity index (χ0n) is 9.70. The van der Waals surface area contributed by atoms with E-state index in [-0.39, 0.29) is 11.5 Å². The summed E-state index contributed by atoms with van der Waals surface area (Å²) in [5.74, 6) is 0.297. The molecule has 0 radical (unpaired) electrons. The maximum atomic E-state index is 12.9. The van der Waals surface area contributed by atoms with Gasteiger partial charge in [0, 0.05) is 11.0 Å². The highest BCUT2D eigenvalue weighted by Crippen LogP contribution is 2.19. The molecule has 2 aromatic rings. The maximum Gasteiger partial charge on any atom is 0.340 e. The first-order valence-electron chi connectivity index (χ1n) is 5.30. The van der Waals surface area contributed by atoms with E-state index >= 15 is 0 Å². The van der Waals surface area contributed by atoms with Crippen LogP contribution in [0.3, 0.4) is 0 Å². The fourth-order valence-corrected chi connectivity index (χ4v) is 2.11. The third-order valence-corrected chi connectivity index (χ3v) is 3.16. The molecule has 2 rings (SSSR count). The van der Waals surface area contributed by atoms with Gasteiger partial charge in [0.15, 0.2) is 0 Å². The van der Waals surface area contributed by atoms with Gasteiger partial charge in [0.25, 0.3) is 0 Å². The number of hydrogen-bond donors (Lipinski definition) is 2. The van der Waals surface area contributed by atoms with E-state index in [1.165, 1.54) is 12.1 Å². The largest absolute Gasteiger partial charge is 0.340 e. The molecular weight excluding hydrogens is 303 g/mol. The highest BCUT2D eigenvalue weighted by atomic mass is 79.9. The molecule has 0 amide bonds. The van der Waals surface area contributed by atoms with Gasteiger partial charge in [-0.05, 0) is 24.7 Å². The van der Waals surface area contributed by atoms with Crippen molar-refractivity contribution in [2.75, 3.05) is 7.05 Å². The van der Waals surface area contributed by atoms with E-state index in [0.717, 1.165) is 10.0 Å². The SMILES string of the molecule is CN(Cc1n[nH]c(=O)[nH]1)Cc1ccc(F)cc1Br. The van der Waals surface area contributed by atoms with Crippen LogP contribution in [0.5, 0.6) is 0 Å². The van der Waals surface area contributed by atoms with Gasteiger partial charge >= 0.3 is 5.69 Å². The molecule has 0 fully saturated rings. The van der Waals surface area contributed by atoms with Crippen LogP contribution in [0.25, 0.3) is 0 Å². The number of halogens is 2. The van der Waals surface area contributed by atoms with Gasteiger partial charge in [-0.25, -0.2) is 14.3 Å². The average Bonchev–Trinajstić information content (AvgIpc) is 2.68. The molecule has 0 aliphatic carbocycles. The van der Waals surface area contributed by atoms with Crippen LogP contribution in [0, 0.1) is 5.82 Å². The van der Waals surface area contributed by atoms with Crippen LogP contribution in [0.4, 0.5) is 4.39 Å². The first kappa shape index (κ1) is 13.0. The van der Waals surface area contributed by atoms with E-state index in [4.69, 9.17) is 0 Å². The molecule has 0 atom stereocenters. The molecule has 7 heteroatoms. The summed E-state index contributed by atoms with van der Waals surface area (Å²) in [6.45, 7) is 1.12. The van der Waals surface area contributed by atoms with Crippen molar-refractivity contribution in [3.63, 3.8) is 0 Å². The fourth-order valence-electron chi connectivity index (χ4n) is 1.63. The summed E-state index contributed by atoms with van der Waals surface area (Å²) in [7, 11) is 1.89. The van der Waals surface area contributed by atoms with Crippen molar-refractivity contribution < 1.29 is 4.39 Å². The van der Waals surface area contributed by atoms with E-state index in [1.807, 2.05) is 11.9 Å². The number of benzene rings is 1. The Morgan fingerprint density at radius 2 is 2.22 bits per heavy atom. The second-order valence-electron chi connectivity index (χ2n) is 4.03. The van der Waals surface area contributed by atoms with Gasteiger partial charge in [-0.1, -0.05) is 22.0 Å². The van der Waals surface area contributed by atoms with Crippen LogP contribution >= 0.6 is 15.9 Å². The standard InChI is InChI=1S/C11H12BrFN4O/c1-17(6-10-14-11(18)16-15-10)5-7-2-3-8(13)4-9(7)12/h2-4H,5-6H2,1H3,(H2,14,15,16,18). The van der Waals surface area contributed by atoms with Crippen molar-refractivity contribution in [2.45, 2.75) is 13.1 Å². The molecule has 2 N–H and O–H groups in total. The Morgan fingerprint density at radius 3 is 2.83 bits per heavy atom. The number of rotatable bonds is 4. The molecular formula is C11H12BrFN4O. The van der Waals surface area contributed by atoms with E-state index in [0.29, 0.717) is 18.9 Å². The highest BCUT2D eigenvalue weighted by molar-refractivity contribution is 9.10. The molecule has 5 nitrogen and oxygen atoms in total. The lowest BCUT2D eigenvalue weighted by molar-refractivity contribution is 0.310. The lowest BCUT2D eigenvalue weighted by Gasteiger charge is -2.15. The van der Waals surface area contributed by atoms with Crippen LogP contribution in [-0.4, -0.2) is 27.1 Å². The Balaban J connectivity index is 2.02. The summed E-state index contributed by atoms with van der Waals surface area (Å²) >= 11 is 3.32. The molecule has 96 valence electrons. The summed E-state index contributed by atoms with van der Waals surface area (Å²) in [6, 6.07) is 4.58. The van der Waals surface area contributed by atoms with Gasteiger partial charge in [-0.15, -0.1) is 0 Å². The van der Waals surface area contributed by atoms with E-state index in [9.17, 15) is 9.18 Å². The Bertz CT molecular complexity index is 595. The van der Waals surface area contributed by atoms with Crippen molar-refractivity contribution >= 4 is 15.9 Å². The normalized spacial score (nSPS) is 11.1. The third-order valence-electron chi connectivity index (χ3n) is 2.43. The van der Waals surface area contributed by atoms with Crippen LogP contribution in [0.15, 0.2) is 27.5 Å². The summed E-state index contributed by atoms with van der Waals surface area (Å²) in [4.78, 5) is 15.4. The van der Waals surface area contributed by atoms with Crippen LogP contribution in [-0.2, 0) is 13.1 Å². The van der Waals surface area contributed by atoms with Crippen molar-refractivity contribution in [3.05, 3.63) is 50.4 Å². The molecule has 1 heterocycles. The Hall–Kier alpha value is -1.47. The minimum absolute atomic E-state index is 0.273. The van der Waals surface area contributed by atoms with Gasteiger partial charge < -0.3 is 0 Å². The maximum absolute atomic E-state index is 12.9. The zero-order chi connectivity index (χ0) is 13.1. The first-order chi connectivity index (χ1) is 8.54. The molecule has 0 aliphatic rings. The third kappa shape index (κ3) is 3.27. The summed E-state index contributed by atoms with van der Waals surface area (Å²) < 4.78 is 13.7. The van der Waals surface area contributed by atoms with Crippen LogP contribution in [0.1, 0.15) is 11.4 Å². The minimum atomic E-state index is -0.318. The number of nitrogens with one attached hydrogen (secondary N) is 2. The average molecular weight is 315 g/mol. The number of H-pyrrole nitrogens is 2. The first-order valence-corrected chi connectivity index (χ1v) is 6.10. The van der Waals surface area contributed by atoms with Crippen molar-refractivity contribution in [1.29, 1.82) is 0 Å².